The molecule has 0 atom stereocenters. The molecule has 4 rings (SSSR count). The van der Waals surface area contributed by atoms with Gasteiger partial charge in [0.25, 0.3) is 0 Å². The van der Waals surface area contributed by atoms with E-state index in [-0.39, 0.29) is 27.9 Å². The minimum Gasteiger partial charge on any atom is -0.508 e. The molecule has 2 aromatic heterocycles. The highest BCUT2D eigenvalue weighted by atomic mass is 16.5. The van der Waals surface area contributed by atoms with E-state index < -0.39 is 5.60 Å². The molecule has 166 valence electrons. The van der Waals surface area contributed by atoms with Gasteiger partial charge in [-0.1, -0.05) is 23.8 Å². The summed E-state index contributed by atoms with van der Waals surface area (Å²) >= 11 is 0. The van der Waals surface area contributed by atoms with E-state index in [9.17, 15) is 15.0 Å². The number of methoxy groups -OCH3 is 1. The average molecular weight is 434 g/mol. The quantitative estimate of drug-likeness (QED) is 0.374. The number of allylic oxidation sites excluding steroid dienone is 2. The second-order valence-corrected chi connectivity index (χ2v) is 8.61. The predicted molar refractivity (Wildman–Crippen MR) is 124 cm³/mol. The number of rotatable bonds is 5. The summed E-state index contributed by atoms with van der Waals surface area (Å²) in [6, 6.07) is 7.97. The van der Waals surface area contributed by atoms with Crippen molar-refractivity contribution in [2.24, 2.45) is 0 Å². The van der Waals surface area contributed by atoms with Crippen LogP contribution in [0.25, 0.3) is 33.1 Å². The number of phenols is 2. The lowest BCUT2D eigenvalue weighted by molar-refractivity contribution is 0.00210. The smallest absolute Gasteiger partial charge is 0.204 e. The van der Waals surface area contributed by atoms with Gasteiger partial charge in [-0.15, -0.1) is 0 Å². The Labute approximate surface area is 185 Å². The Morgan fingerprint density at radius 2 is 1.81 bits per heavy atom. The molecule has 0 saturated heterocycles. The minimum absolute atomic E-state index is 0.0965. The highest BCUT2D eigenvalue weighted by Gasteiger charge is 2.28. The maximum atomic E-state index is 13.5. The van der Waals surface area contributed by atoms with Gasteiger partial charge < -0.3 is 23.8 Å². The molecule has 0 saturated carbocycles. The lowest BCUT2D eigenvalue weighted by Crippen LogP contribution is -2.18. The van der Waals surface area contributed by atoms with Crippen molar-refractivity contribution in [2.45, 2.75) is 39.7 Å². The van der Waals surface area contributed by atoms with Crippen LogP contribution >= 0.6 is 0 Å². The first-order chi connectivity index (χ1) is 15.1. The highest BCUT2D eigenvalue weighted by molar-refractivity contribution is 6.05. The number of phenolic OH excluding ortho intramolecular Hbond substituents is 2. The van der Waals surface area contributed by atoms with Gasteiger partial charge in [-0.3, -0.25) is 4.79 Å². The van der Waals surface area contributed by atoms with Gasteiger partial charge in [0.2, 0.25) is 5.43 Å². The number of benzene rings is 2. The summed E-state index contributed by atoms with van der Waals surface area (Å²) in [7, 11) is 1.59. The fraction of sp³-hybridized carbons (Fsp3) is 0.269. The zero-order valence-corrected chi connectivity index (χ0v) is 18.8. The molecule has 0 aliphatic rings. The first-order valence-electron chi connectivity index (χ1n) is 10.3. The Hall–Kier alpha value is -3.51. The summed E-state index contributed by atoms with van der Waals surface area (Å²) in [5.74, 6) is 0.441. The topological polar surface area (TPSA) is 93.0 Å². The van der Waals surface area contributed by atoms with Gasteiger partial charge in [0.05, 0.1) is 10.9 Å². The second kappa shape index (κ2) is 7.88. The van der Waals surface area contributed by atoms with Crippen molar-refractivity contribution < 1.29 is 23.8 Å². The molecule has 6 heteroatoms. The Morgan fingerprint density at radius 1 is 1.12 bits per heavy atom. The van der Waals surface area contributed by atoms with Crippen molar-refractivity contribution in [3.8, 4) is 22.6 Å². The normalized spacial score (nSPS) is 11.9. The van der Waals surface area contributed by atoms with E-state index in [1.807, 2.05) is 33.8 Å². The molecule has 0 radical (unpaired) electrons. The molecule has 4 aromatic rings. The van der Waals surface area contributed by atoms with Gasteiger partial charge in [0, 0.05) is 12.7 Å². The van der Waals surface area contributed by atoms with Crippen LogP contribution in [0.3, 0.4) is 0 Å². The van der Waals surface area contributed by atoms with E-state index in [1.165, 1.54) is 18.4 Å². The van der Waals surface area contributed by atoms with Crippen LogP contribution in [0.1, 0.15) is 39.0 Å². The molecule has 0 aliphatic carbocycles. The molecule has 2 aromatic carbocycles. The van der Waals surface area contributed by atoms with Crippen LogP contribution in [0.15, 0.2) is 61.9 Å². The lowest BCUT2D eigenvalue weighted by Gasteiger charge is -2.19. The third kappa shape index (κ3) is 3.56. The average Bonchev–Trinajstić information content (AvgIpc) is 3.21. The van der Waals surface area contributed by atoms with Crippen LogP contribution in [-0.2, 0) is 16.8 Å². The Bertz CT molecular complexity index is 1400. The van der Waals surface area contributed by atoms with E-state index in [0.717, 1.165) is 5.57 Å². The molecule has 0 amide bonds. The van der Waals surface area contributed by atoms with E-state index in [2.05, 4.69) is 0 Å². The number of furan rings is 1. The molecule has 6 nitrogen and oxygen atoms in total. The number of hydrogen-bond donors (Lipinski definition) is 2. The van der Waals surface area contributed by atoms with Crippen molar-refractivity contribution >= 4 is 21.9 Å². The van der Waals surface area contributed by atoms with E-state index in [4.69, 9.17) is 13.6 Å². The van der Waals surface area contributed by atoms with E-state index in [0.29, 0.717) is 39.8 Å². The van der Waals surface area contributed by atoms with E-state index in [1.54, 1.807) is 25.3 Å². The molecule has 0 unspecified atom stereocenters. The van der Waals surface area contributed by atoms with Crippen LogP contribution < -0.4 is 5.43 Å². The first-order valence-corrected chi connectivity index (χ1v) is 10.3. The van der Waals surface area contributed by atoms with Gasteiger partial charge in [-0.25, -0.2) is 0 Å². The molecular weight excluding hydrogens is 408 g/mol. The molecule has 0 fully saturated rings. The zero-order valence-electron chi connectivity index (χ0n) is 18.8. The summed E-state index contributed by atoms with van der Waals surface area (Å²) in [5.41, 5.74) is 2.33. The van der Waals surface area contributed by atoms with Crippen LogP contribution in [0.2, 0.25) is 0 Å². The number of hydrogen-bond acceptors (Lipinski definition) is 6. The van der Waals surface area contributed by atoms with Gasteiger partial charge in [-0.2, -0.15) is 0 Å². The SMILES string of the molecule is COC(C)(C)c1cc2c(O)c3c(=O)c(-c4ccc(O)cc4)coc3c(CC=C(C)C)c2o1. The summed E-state index contributed by atoms with van der Waals surface area (Å²) in [6.45, 7) is 7.70. The van der Waals surface area contributed by atoms with Crippen LogP contribution in [0.4, 0.5) is 0 Å². The highest BCUT2D eigenvalue weighted by Crippen LogP contribution is 2.41. The fourth-order valence-electron chi connectivity index (χ4n) is 3.66. The Kier molecular flexibility index (Phi) is 5.34. The number of aromatic hydroxyl groups is 2. The number of fused-ring (bicyclic) bond motifs is 2. The van der Waals surface area contributed by atoms with E-state index >= 15 is 0 Å². The molecule has 32 heavy (non-hydrogen) atoms. The third-order valence-electron chi connectivity index (χ3n) is 5.76. The van der Waals surface area contributed by atoms with Gasteiger partial charge in [0.15, 0.2) is 0 Å². The van der Waals surface area contributed by atoms with Crippen LogP contribution in [0, 0.1) is 0 Å². The minimum atomic E-state index is -0.722. The van der Waals surface area contributed by atoms with Crippen molar-refractivity contribution in [2.75, 3.05) is 7.11 Å². The molecule has 0 aliphatic heterocycles. The maximum absolute atomic E-state index is 13.5. The van der Waals surface area contributed by atoms with Gasteiger partial charge in [-0.05, 0) is 57.9 Å². The van der Waals surface area contributed by atoms with Crippen LogP contribution in [0.5, 0.6) is 11.5 Å². The first kappa shape index (κ1) is 21.7. The van der Waals surface area contributed by atoms with Crippen molar-refractivity contribution in [3.63, 3.8) is 0 Å². The van der Waals surface area contributed by atoms with Crippen molar-refractivity contribution in [3.05, 3.63) is 69.8 Å². The predicted octanol–water partition coefficient (Wildman–Crippen LogP) is 6.01. The summed E-state index contributed by atoms with van der Waals surface area (Å²) < 4.78 is 17.6. The summed E-state index contributed by atoms with van der Waals surface area (Å²) in [4.78, 5) is 13.5. The number of ether oxygens (including phenoxy) is 1. The summed E-state index contributed by atoms with van der Waals surface area (Å²) in [6.07, 6.45) is 3.87. The molecule has 0 spiro atoms. The third-order valence-corrected chi connectivity index (χ3v) is 5.76. The molecule has 2 heterocycles. The van der Waals surface area contributed by atoms with Gasteiger partial charge in [0.1, 0.15) is 45.7 Å². The molecular formula is C26H26O6. The Balaban J connectivity index is 2.09. The Morgan fingerprint density at radius 3 is 2.44 bits per heavy atom. The largest absolute Gasteiger partial charge is 0.508 e. The lowest BCUT2D eigenvalue weighted by atomic mass is 9.98. The monoisotopic (exact) mass is 434 g/mol. The fourth-order valence-corrected chi connectivity index (χ4v) is 3.66. The molecule has 2 N–H and O–H groups in total. The zero-order chi connectivity index (χ0) is 23.2. The summed E-state index contributed by atoms with van der Waals surface area (Å²) in [5, 5.41) is 21.2. The van der Waals surface area contributed by atoms with Gasteiger partial charge >= 0.3 is 0 Å². The van der Waals surface area contributed by atoms with Crippen LogP contribution in [-0.4, -0.2) is 17.3 Å². The maximum Gasteiger partial charge on any atom is 0.204 e. The van der Waals surface area contributed by atoms with Crippen molar-refractivity contribution in [1.29, 1.82) is 0 Å². The molecule has 0 bridgehead atoms. The second-order valence-electron chi connectivity index (χ2n) is 8.61. The van der Waals surface area contributed by atoms with Crippen molar-refractivity contribution in [1.82, 2.24) is 0 Å². The standard InChI is InChI=1S/C26H26O6/c1-14(2)6-11-17-24-18(12-20(32-24)26(3,4)30-5)22(28)21-23(29)19(13-31-25(17)21)15-7-9-16(27)10-8-15/h6-10,12-13,27-28H,11H2,1-5H3.